The van der Waals surface area contributed by atoms with Gasteiger partial charge in [0.05, 0.1) is 54.4 Å². The van der Waals surface area contributed by atoms with Gasteiger partial charge in [0.2, 0.25) is 5.95 Å². The molecule has 2 aromatic heterocycles. The predicted octanol–water partition coefficient (Wildman–Crippen LogP) is 5.68. The summed E-state index contributed by atoms with van der Waals surface area (Å²) in [5, 5.41) is 10.7. The van der Waals surface area contributed by atoms with Crippen LogP contribution in [0.25, 0.3) is 11.0 Å². The number of nitrogens with zero attached hydrogens (tertiary/aromatic N) is 6. The van der Waals surface area contributed by atoms with Crippen LogP contribution in [-0.4, -0.2) is 125 Å². The van der Waals surface area contributed by atoms with Crippen LogP contribution in [0.15, 0.2) is 47.4 Å². The van der Waals surface area contributed by atoms with Crippen molar-refractivity contribution in [2.75, 3.05) is 82.7 Å². The summed E-state index contributed by atoms with van der Waals surface area (Å²) in [6.45, 7) is 14.2. The van der Waals surface area contributed by atoms with Crippen LogP contribution in [0, 0.1) is 6.92 Å². The summed E-state index contributed by atoms with van der Waals surface area (Å²) in [4.78, 5) is 60.5. The summed E-state index contributed by atoms with van der Waals surface area (Å²) in [6, 6.07) is 8.27. The third kappa shape index (κ3) is 11.3. The fourth-order valence-corrected chi connectivity index (χ4v) is 7.23. The van der Waals surface area contributed by atoms with E-state index in [-0.39, 0.29) is 17.6 Å². The van der Waals surface area contributed by atoms with E-state index in [1.54, 1.807) is 39.9 Å². The van der Waals surface area contributed by atoms with Crippen LogP contribution in [0.5, 0.6) is 5.75 Å². The minimum Gasteiger partial charge on any atom is -0.491 e. The summed E-state index contributed by atoms with van der Waals surface area (Å²) >= 11 is 1.45. The number of piperazine rings is 1. The highest BCUT2D eigenvalue weighted by atomic mass is 32.2. The maximum absolute atomic E-state index is 13.5. The van der Waals surface area contributed by atoms with Crippen molar-refractivity contribution in [1.82, 2.24) is 29.1 Å². The molecular weight excluding hydrogens is 779 g/mol. The molecule has 0 bridgehead atoms. The maximum Gasteiger partial charge on any atom is 0.410 e. The van der Waals surface area contributed by atoms with Crippen molar-refractivity contribution in [3.05, 3.63) is 65.0 Å². The van der Waals surface area contributed by atoms with Crippen LogP contribution in [0.3, 0.4) is 0 Å². The zero-order valence-corrected chi connectivity index (χ0v) is 35.9. The van der Waals surface area contributed by atoms with E-state index in [0.717, 1.165) is 35.7 Å². The lowest BCUT2D eigenvalue weighted by atomic mass is 10.1. The van der Waals surface area contributed by atoms with E-state index < -0.39 is 17.5 Å². The highest BCUT2D eigenvalue weighted by Crippen LogP contribution is 2.34. The Morgan fingerprint density at radius 2 is 1.66 bits per heavy atom. The molecule has 4 aromatic rings. The van der Waals surface area contributed by atoms with E-state index >= 15 is 0 Å². The van der Waals surface area contributed by atoms with Gasteiger partial charge in [-0.15, -0.1) is 11.8 Å². The van der Waals surface area contributed by atoms with Gasteiger partial charge in [-0.05, 0) is 77.6 Å². The molecule has 0 aliphatic carbocycles. The number of esters is 2. The molecule has 2 amide bonds. The number of carbonyl (C=O) groups excluding carboxylic acids is 4. The smallest absolute Gasteiger partial charge is 0.410 e. The number of nitrogens with two attached hydrogens (primary N) is 1. The van der Waals surface area contributed by atoms with E-state index in [4.69, 9.17) is 29.7 Å². The highest BCUT2D eigenvalue weighted by Gasteiger charge is 2.26. The van der Waals surface area contributed by atoms with Gasteiger partial charge in [-0.25, -0.2) is 19.4 Å². The summed E-state index contributed by atoms with van der Waals surface area (Å²) in [5.41, 5.74) is 9.73. The number of carbonyl (C=O) groups is 4. The Kier molecular flexibility index (Phi) is 14.9. The second-order valence-corrected chi connectivity index (χ2v) is 15.7. The molecule has 1 aliphatic rings. The zero-order valence-electron chi connectivity index (χ0n) is 35.0. The molecule has 1 aliphatic heterocycles. The number of aromatic nitrogens is 4. The van der Waals surface area contributed by atoms with E-state index in [2.05, 4.69) is 20.6 Å². The van der Waals surface area contributed by atoms with Crippen molar-refractivity contribution in [2.45, 2.75) is 64.6 Å². The molecule has 18 heteroatoms. The minimum atomic E-state index is -0.539. The number of fused-ring (bicyclic) bond motifs is 1. The standard InChI is InChI=1S/C41H55N9O8S/c1-9-50-31(21-26(2)46-50)36(51)45-39-44-30-23-28(38(53)56-7)25-33(59-8)35(30)49(39)15-11-10-13-43-34-29(42)22-27(37(52)55-6)24-32(34)57-20-12-14-47-16-18-48(19-17-47)40(54)58-41(3,4)5/h10-11,21-25,43H,9,12-20,42H2,1-8H3,(H,44,45,51)/b11-10+. The monoisotopic (exact) mass is 833 g/mol. The molecule has 5 rings (SSSR count). The average Bonchev–Trinajstić information content (AvgIpc) is 3.77. The Labute approximate surface area is 348 Å². The van der Waals surface area contributed by atoms with Crippen LogP contribution >= 0.6 is 11.8 Å². The lowest BCUT2D eigenvalue weighted by molar-refractivity contribution is 0.0141. The highest BCUT2D eigenvalue weighted by molar-refractivity contribution is 7.98. The van der Waals surface area contributed by atoms with Gasteiger partial charge in [0.15, 0.2) is 0 Å². The number of anilines is 3. The number of benzene rings is 2. The maximum atomic E-state index is 13.5. The first-order valence-corrected chi connectivity index (χ1v) is 20.6. The number of hydrogen-bond donors (Lipinski definition) is 3. The Morgan fingerprint density at radius 3 is 2.31 bits per heavy atom. The molecule has 3 heterocycles. The SMILES string of the molecule is CCn1nc(C)cc1C(=O)Nc1nc2cc(C(=O)OC)cc(SC)c2n1C/C=C/CNc1c(N)cc(C(=O)OC)cc1OCCCN1CCN(C(=O)OC(C)(C)C)CC1. The van der Waals surface area contributed by atoms with Crippen molar-refractivity contribution in [2.24, 2.45) is 0 Å². The topological polar surface area (TPSA) is 197 Å². The Hall–Kier alpha value is -5.75. The molecule has 0 saturated carbocycles. The van der Waals surface area contributed by atoms with Gasteiger partial charge in [0, 0.05) is 57.3 Å². The molecule has 1 saturated heterocycles. The summed E-state index contributed by atoms with van der Waals surface area (Å²) in [5.74, 6) is -0.693. The van der Waals surface area contributed by atoms with Gasteiger partial charge >= 0.3 is 18.0 Å². The van der Waals surface area contributed by atoms with Gasteiger partial charge in [-0.2, -0.15) is 5.10 Å². The minimum absolute atomic E-state index is 0.262. The van der Waals surface area contributed by atoms with Gasteiger partial charge in [-0.3, -0.25) is 19.7 Å². The number of ether oxygens (including phenoxy) is 4. The van der Waals surface area contributed by atoms with Crippen molar-refractivity contribution in [3.63, 3.8) is 0 Å². The number of methoxy groups -OCH3 is 2. The Balaban J connectivity index is 1.28. The number of amides is 2. The predicted molar refractivity (Wildman–Crippen MR) is 228 cm³/mol. The van der Waals surface area contributed by atoms with Gasteiger partial charge in [-0.1, -0.05) is 12.2 Å². The molecule has 0 radical (unpaired) electrons. The number of allylic oxidation sites excluding steroid dienone is 1. The fraction of sp³-hybridized carbons (Fsp3) is 0.463. The molecule has 2 aromatic carbocycles. The van der Waals surface area contributed by atoms with Crippen LogP contribution in [-0.2, 0) is 27.3 Å². The number of nitrogen functional groups attached to an aromatic ring is 1. The zero-order chi connectivity index (χ0) is 42.9. The van der Waals surface area contributed by atoms with E-state index in [9.17, 15) is 19.2 Å². The molecule has 0 atom stereocenters. The average molecular weight is 834 g/mol. The number of imidazole rings is 1. The van der Waals surface area contributed by atoms with Crippen molar-refractivity contribution >= 4 is 64.1 Å². The van der Waals surface area contributed by atoms with Crippen LogP contribution in [0.1, 0.15) is 71.0 Å². The van der Waals surface area contributed by atoms with Gasteiger partial charge in [0.1, 0.15) is 22.7 Å². The van der Waals surface area contributed by atoms with E-state index in [1.165, 1.54) is 26.0 Å². The summed E-state index contributed by atoms with van der Waals surface area (Å²) < 4.78 is 25.2. The number of thioether (sulfide) groups is 1. The second kappa shape index (κ2) is 19.8. The first kappa shape index (κ1) is 44.4. The summed E-state index contributed by atoms with van der Waals surface area (Å²) in [7, 11) is 2.63. The first-order valence-electron chi connectivity index (χ1n) is 19.4. The van der Waals surface area contributed by atoms with Crippen LogP contribution < -0.4 is 21.1 Å². The first-order chi connectivity index (χ1) is 28.2. The lowest BCUT2D eigenvalue weighted by Gasteiger charge is -2.35. The fourth-order valence-electron chi connectivity index (χ4n) is 6.58. The van der Waals surface area contributed by atoms with Crippen molar-refractivity contribution in [3.8, 4) is 5.75 Å². The molecule has 17 nitrogen and oxygen atoms in total. The van der Waals surface area contributed by atoms with Crippen molar-refractivity contribution in [1.29, 1.82) is 0 Å². The Bertz CT molecular complexity index is 2180. The Morgan fingerprint density at radius 1 is 0.966 bits per heavy atom. The van der Waals surface area contributed by atoms with Crippen molar-refractivity contribution < 1.29 is 38.1 Å². The number of nitrogens with one attached hydrogen (secondary N) is 2. The van der Waals surface area contributed by atoms with Crippen LogP contribution in [0.4, 0.5) is 22.1 Å². The molecule has 318 valence electrons. The van der Waals surface area contributed by atoms with E-state index in [0.29, 0.717) is 85.6 Å². The molecule has 59 heavy (non-hydrogen) atoms. The molecule has 0 unspecified atom stereocenters. The summed E-state index contributed by atoms with van der Waals surface area (Å²) in [6.07, 6.45) is 6.13. The van der Waals surface area contributed by atoms with Gasteiger partial charge in [0.25, 0.3) is 5.91 Å². The number of hydrogen-bond acceptors (Lipinski definition) is 14. The molecule has 4 N–H and O–H groups in total. The largest absolute Gasteiger partial charge is 0.491 e. The van der Waals surface area contributed by atoms with E-state index in [1.807, 2.05) is 57.6 Å². The third-order valence-electron chi connectivity index (χ3n) is 9.41. The second-order valence-electron chi connectivity index (χ2n) is 14.8. The number of aryl methyl sites for hydroxylation is 2. The third-order valence-corrected chi connectivity index (χ3v) is 10.2. The molecule has 0 spiro atoms. The quantitative estimate of drug-likeness (QED) is 0.0311. The molecular formula is C41H55N9O8S. The normalized spacial score (nSPS) is 13.5. The lowest BCUT2D eigenvalue weighted by Crippen LogP contribution is -2.50. The van der Waals surface area contributed by atoms with Crippen LogP contribution in [0.2, 0.25) is 0 Å². The molecule has 1 fully saturated rings. The van der Waals surface area contributed by atoms with Gasteiger partial charge < -0.3 is 39.5 Å². The number of rotatable bonds is 16.